The number of halogens is 3. The predicted octanol–water partition coefficient (Wildman–Crippen LogP) is 4.39. The van der Waals surface area contributed by atoms with Crippen LogP contribution in [0.2, 0.25) is 0 Å². The third-order valence-corrected chi connectivity index (χ3v) is 7.70. The average molecular weight is 526 g/mol. The van der Waals surface area contributed by atoms with Crippen LogP contribution in [0.5, 0.6) is 0 Å². The Morgan fingerprint density at radius 3 is 2.62 bits per heavy atom. The summed E-state index contributed by atoms with van der Waals surface area (Å²) < 4.78 is 70.2. The summed E-state index contributed by atoms with van der Waals surface area (Å²) in [6, 6.07) is 7.88. The average Bonchev–Trinajstić information content (AvgIpc) is 3.29. The number of nitrogens with zero attached hydrogens (tertiary/aromatic N) is 3. The Morgan fingerprint density at radius 1 is 1.08 bits per heavy atom. The number of fused-ring (bicyclic) bond motifs is 1. The van der Waals surface area contributed by atoms with Crippen LogP contribution in [0.4, 0.5) is 18.9 Å². The third-order valence-electron chi connectivity index (χ3n) is 6.34. The topological polar surface area (TPSA) is 91.0 Å². The van der Waals surface area contributed by atoms with Crippen LogP contribution in [0.15, 0.2) is 53.6 Å². The number of H-pyrrole nitrogens is 1. The van der Waals surface area contributed by atoms with Gasteiger partial charge in [0.05, 0.1) is 16.1 Å². The molecule has 1 aliphatic heterocycles. The molecular formula is C26H22F3N5O2S. The monoisotopic (exact) mass is 525 g/mol. The fourth-order valence-corrected chi connectivity index (χ4v) is 5.40. The van der Waals surface area contributed by atoms with Crippen LogP contribution >= 0.6 is 0 Å². The van der Waals surface area contributed by atoms with E-state index in [0.29, 0.717) is 17.1 Å². The first-order valence-corrected chi connectivity index (χ1v) is 13.0. The van der Waals surface area contributed by atoms with Gasteiger partial charge >= 0.3 is 0 Å². The number of aromatic amines is 1. The minimum absolute atomic E-state index is 0.295. The van der Waals surface area contributed by atoms with E-state index in [0.717, 1.165) is 67.3 Å². The first-order chi connectivity index (χ1) is 17.7. The maximum absolute atomic E-state index is 15.1. The fraction of sp³-hybridized carbons (Fsp3) is 0.231. The van der Waals surface area contributed by atoms with Crippen LogP contribution in [0, 0.1) is 29.3 Å². The molecule has 0 unspecified atom stereocenters. The number of likely N-dealkylation sites (tertiary alicyclic amines) is 1. The summed E-state index contributed by atoms with van der Waals surface area (Å²) in [6.07, 6.45) is 3.40. The van der Waals surface area contributed by atoms with Crippen molar-refractivity contribution in [2.75, 3.05) is 24.9 Å². The molecule has 1 saturated heterocycles. The lowest BCUT2D eigenvalue weighted by Crippen LogP contribution is -2.29. The van der Waals surface area contributed by atoms with Gasteiger partial charge in [-0.05, 0) is 69.4 Å². The largest absolute Gasteiger partial charge is 0.306 e. The zero-order valence-corrected chi connectivity index (χ0v) is 20.5. The third kappa shape index (κ3) is 5.16. The summed E-state index contributed by atoms with van der Waals surface area (Å²) in [4.78, 5) is 6.17. The Balaban J connectivity index is 1.45. The Kier molecular flexibility index (Phi) is 6.62. The van der Waals surface area contributed by atoms with Gasteiger partial charge in [-0.2, -0.15) is 5.10 Å². The minimum atomic E-state index is -4.32. The van der Waals surface area contributed by atoms with E-state index in [2.05, 4.69) is 39.0 Å². The van der Waals surface area contributed by atoms with Crippen molar-refractivity contribution in [3.05, 3.63) is 82.9 Å². The van der Waals surface area contributed by atoms with Crippen molar-refractivity contribution in [2.24, 2.45) is 0 Å². The van der Waals surface area contributed by atoms with Gasteiger partial charge in [-0.1, -0.05) is 17.9 Å². The summed E-state index contributed by atoms with van der Waals surface area (Å²) in [6.45, 7) is 1.94. The molecule has 0 atom stereocenters. The second-order valence-corrected chi connectivity index (χ2v) is 10.6. The molecule has 2 aromatic carbocycles. The summed E-state index contributed by atoms with van der Waals surface area (Å²) in [5.41, 5.74) is 0.800. The van der Waals surface area contributed by atoms with Gasteiger partial charge in [-0.3, -0.25) is 9.82 Å². The number of aromatic nitrogens is 3. The van der Waals surface area contributed by atoms with Crippen molar-refractivity contribution in [3.63, 3.8) is 0 Å². The zero-order valence-electron chi connectivity index (χ0n) is 19.7. The number of pyridine rings is 1. The molecule has 0 radical (unpaired) electrons. The van der Waals surface area contributed by atoms with Crippen molar-refractivity contribution in [1.29, 1.82) is 0 Å². The Labute approximate surface area is 211 Å². The second-order valence-electron chi connectivity index (χ2n) is 8.91. The molecule has 2 N–H and O–H groups in total. The summed E-state index contributed by atoms with van der Waals surface area (Å²) in [7, 11) is -2.24. The van der Waals surface area contributed by atoms with Gasteiger partial charge in [-0.25, -0.2) is 26.6 Å². The molecule has 7 nitrogen and oxygen atoms in total. The molecule has 1 fully saturated rings. The molecule has 0 amide bonds. The van der Waals surface area contributed by atoms with E-state index in [1.165, 1.54) is 12.3 Å². The van der Waals surface area contributed by atoms with Crippen molar-refractivity contribution in [2.45, 2.75) is 23.7 Å². The molecule has 0 spiro atoms. The Morgan fingerprint density at radius 2 is 1.86 bits per heavy atom. The Bertz CT molecular complexity index is 1650. The summed E-state index contributed by atoms with van der Waals surface area (Å²) in [5.74, 6) is 2.57. The lowest BCUT2D eigenvalue weighted by atomic mass is 9.92. The molecule has 37 heavy (non-hydrogen) atoms. The van der Waals surface area contributed by atoms with Gasteiger partial charge in [0, 0.05) is 28.8 Å². The van der Waals surface area contributed by atoms with Crippen molar-refractivity contribution < 1.29 is 21.6 Å². The SMILES string of the molecule is CN1CCC(c2[nH]nc3ncc(C#Cc4c(F)ccc(NS(=O)(=O)c5cccc(F)c5)c4F)cc23)CC1. The van der Waals surface area contributed by atoms with Crippen LogP contribution in [-0.2, 0) is 10.0 Å². The predicted molar refractivity (Wildman–Crippen MR) is 133 cm³/mol. The van der Waals surface area contributed by atoms with Crippen molar-refractivity contribution in [3.8, 4) is 11.8 Å². The molecule has 5 rings (SSSR count). The van der Waals surface area contributed by atoms with Gasteiger partial charge in [0.1, 0.15) is 11.6 Å². The number of sulfonamides is 1. The zero-order chi connectivity index (χ0) is 26.2. The molecule has 11 heteroatoms. The molecule has 4 aromatic rings. The van der Waals surface area contributed by atoms with Crippen LogP contribution < -0.4 is 4.72 Å². The first-order valence-electron chi connectivity index (χ1n) is 11.5. The number of benzene rings is 2. The number of rotatable bonds is 4. The molecule has 1 aliphatic rings. The molecule has 190 valence electrons. The molecule has 0 bridgehead atoms. The van der Waals surface area contributed by atoms with Gasteiger partial charge in [0.15, 0.2) is 11.5 Å². The Hall–Kier alpha value is -3.88. The van der Waals surface area contributed by atoms with Crippen molar-refractivity contribution in [1.82, 2.24) is 20.1 Å². The maximum atomic E-state index is 15.1. The number of piperidine rings is 1. The summed E-state index contributed by atoms with van der Waals surface area (Å²) >= 11 is 0. The van der Waals surface area contributed by atoms with Crippen molar-refractivity contribution >= 4 is 26.7 Å². The number of hydrogen-bond donors (Lipinski definition) is 2. The lowest BCUT2D eigenvalue weighted by Gasteiger charge is -2.28. The minimum Gasteiger partial charge on any atom is -0.306 e. The van der Waals surface area contributed by atoms with E-state index in [-0.39, 0.29) is 0 Å². The van der Waals surface area contributed by atoms with E-state index in [1.807, 2.05) is 4.72 Å². The van der Waals surface area contributed by atoms with Crippen LogP contribution in [0.25, 0.3) is 11.0 Å². The van der Waals surface area contributed by atoms with Crippen LogP contribution in [0.1, 0.15) is 35.6 Å². The normalized spacial score (nSPS) is 14.9. The van der Waals surface area contributed by atoms with Crippen LogP contribution in [0.3, 0.4) is 0 Å². The highest BCUT2D eigenvalue weighted by Crippen LogP contribution is 2.31. The standard InChI is InChI=1S/C26H22F3N5O2S/c1-34-11-9-17(10-12-34)25-21-13-16(15-30-26(21)32-31-25)5-6-20-22(28)7-8-23(24(20)29)33-37(35,36)19-4-2-3-18(27)14-19/h2-4,7-8,13-15,17,33H,9-12H2,1H3,(H,30,31,32). The molecule has 0 saturated carbocycles. The highest BCUT2D eigenvalue weighted by atomic mass is 32.2. The molecule has 0 aliphatic carbocycles. The van der Waals surface area contributed by atoms with E-state index in [4.69, 9.17) is 0 Å². The number of anilines is 1. The van der Waals surface area contributed by atoms with E-state index in [1.54, 1.807) is 6.07 Å². The van der Waals surface area contributed by atoms with Gasteiger partial charge in [-0.15, -0.1) is 0 Å². The maximum Gasteiger partial charge on any atom is 0.262 e. The molecular weight excluding hydrogens is 503 g/mol. The van der Waals surface area contributed by atoms with Gasteiger partial charge in [0.2, 0.25) is 0 Å². The van der Waals surface area contributed by atoms with Gasteiger partial charge in [0.25, 0.3) is 10.0 Å². The lowest BCUT2D eigenvalue weighted by molar-refractivity contribution is 0.254. The quantitative estimate of drug-likeness (QED) is 0.386. The summed E-state index contributed by atoms with van der Waals surface area (Å²) in [5, 5.41) is 8.15. The van der Waals surface area contributed by atoms with E-state index < -0.39 is 43.6 Å². The highest BCUT2D eigenvalue weighted by molar-refractivity contribution is 7.92. The van der Waals surface area contributed by atoms with E-state index >= 15 is 4.39 Å². The van der Waals surface area contributed by atoms with Crippen LogP contribution in [-0.4, -0.2) is 48.6 Å². The smallest absolute Gasteiger partial charge is 0.262 e. The molecule has 3 heterocycles. The molecule has 2 aromatic heterocycles. The highest BCUT2D eigenvalue weighted by Gasteiger charge is 2.23. The van der Waals surface area contributed by atoms with E-state index in [9.17, 15) is 17.2 Å². The first kappa shape index (κ1) is 24.8. The second kappa shape index (κ2) is 9.88. The van der Waals surface area contributed by atoms with Gasteiger partial charge < -0.3 is 4.90 Å². The fourth-order valence-electron chi connectivity index (χ4n) is 4.31. The number of nitrogens with one attached hydrogen (secondary N) is 2. The number of hydrogen-bond acceptors (Lipinski definition) is 5.